The lowest BCUT2D eigenvalue weighted by molar-refractivity contribution is -0.141. The first-order chi connectivity index (χ1) is 8.22. The van der Waals surface area contributed by atoms with E-state index in [1.807, 2.05) is 19.1 Å². The molecule has 92 valence electrons. The molecule has 0 amide bonds. The Morgan fingerprint density at radius 3 is 3.06 bits per heavy atom. The average molecular weight is 254 g/mol. The highest BCUT2D eigenvalue weighted by Crippen LogP contribution is 2.08. The Morgan fingerprint density at radius 2 is 2.35 bits per heavy atom. The smallest absolute Gasteiger partial charge is 0.327 e. The molecule has 4 heteroatoms. The van der Waals surface area contributed by atoms with Crippen molar-refractivity contribution in [3.05, 3.63) is 34.9 Å². The number of hydrogen-bond acceptors (Lipinski definition) is 3. The number of esters is 1. The summed E-state index contributed by atoms with van der Waals surface area (Å²) < 4.78 is 4.97. The van der Waals surface area contributed by atoms with Crippen LogP contribution in [0, 0.1) is 0 Å². The van der Waals surface area contributed by atoms with E-state index in [-0.39, 0.29) is 12.5 Å². The summed E-state index contributed by atoms with van der Waals surface area (Å²) in [5.74, 6) is -0.295. The van der Waals surface area contributed by atoms with Crippen LogP contribution in [0.1, 0.15) is 25.3 Å². The Hall–Kier alpha value is -1.35. The van der Waals surface area contributed by atoms with Gasteiger partial charge in [-0.3, -0.25) is 9.79 Å². The van der Waals surface area contributed by atoms with E-state index in [0.717, 1.165) is 18.4 Å². The van der Waals surface area contributed by atoms with E-state index in [2.05, 4.69) is 4.99 Å². The van der Waals surface area contributed by atoms with Crippen molar-refractivity contribution in [2.75, 3.05) is 13.2 Å². The highest BCUT2D eigenvalue weighted by Gasteiger charge is 1.99. The van der Waals surface area contributed by atoms with E-state index < -0.39 is 0 Å². The summed E-state index contributed by atoms with van der Waals surface area (Å²) in [5.41, 5.74) is 0.874. The van der Waals surface area contributed by atoms with Crippen molar-refractivity contribution in [1.82, 2.24) is 0 Å². The van der Waals surface area contributed by atoms with Crippen LogP contribution in [0.5, 0.6) is 0 Å². The summed E-state index contributed by atoms with van der Waals surface area (Å²) in [6.45, 7) is 2.57. The monoisotopic (exact) mass is 253 g/mol. The second-order valence-corrected chi connectivity index (χ2v) is 4.04. The molecule has 0 spiro atoms. The first kappa shape index (κ1) is 13.7. The Labute approximate surface area is 106 Å². The summed E-state index contributed by atoms with van der Waals surface area (Å²) in [5, 5.41) is 0.652. The van der Waals surface area contributed by atoms with E-state index in [0.29, 0.717) is 11.6 Å². The minimum atomic E-state index is -0.295. The molecule has 0 aliphatic carbocycles. The van der Waals surface area contributed by atoms with Crippen LogP contribution in [-0.4, -0.2) is 25.3 Å². The highest BCUT2D eigenvalue weighted by molar-refractivity contribution is 6.30. The average Bonchev–Trinajstić information content (AvgIpc) is 2.29. The van der Waals surface area contributed by atoms with Gasteiger partial charge in [-0.1, -0.05) is 37.1 Å². The zero-order chi connectivity index (χ0) is 12.5. The molecule has 0 radical (unpaired) electrons. The predicted octanol–water partition coefficient (Wildman–Crippen LogP) is 3.10. The number of carbonyl (C=O) groups excluding carboxylic acids is 1. The summed E-state index contributed by atoms with van der Waals surface area (Å²) in [6.07, 6.45) is 3.52. The second-order valence-electron chi connectivity index (χ2n) is 3.60. The minimum absolute atomic E-state index is 0.0518. The molecule has 1 aromatic carbocycles. The fourth-order valence-corrected chi connectivity index (χ4v) is 1.39. The van der Waals surface area contributed by atoms with Crippen molar-refractivity contribution in [1.29, 1.82) is 0 Å². The van der Waals surface area contributed by atoms with Crippen molar-refractivity contribution >= 4 is 23.8 Å². The molecule has 0 aliphatic heterocycles. The Kier molecular flexibility index (Phi) is 6.33. The molecule has 1 aromatic rings. The molecule has 0 N–H and O–H groups in total. The zero-order valence-corrected chi connectivity index (χ0v) is 10.6. The number of unbranched alkanes of at least 4 members (excludes halogenated alkanes) is 1. The first-order valence-corrected chi connectivity index (χ1v) is 6.01. The molecule has 0 fully saturated rings. The van der Waals surface area contributed by atoms with E-state index >= 15 is 0 Å². The van der Waals surface area contributed by atoms with Crippen LogP contribution in [0.25, 0.3) is 0 Å². The number of carbonyl (C=O) groups is 1. The van der Waals surface area contributed by atoms with Gasteiger partial charge in [0.2, 0.25) is 0 Å². The van der Waals surface area contributed by atoms with E-state index in [4.69, 9.17) is 16.3 Å². The van der Waals surface area contributed by atoms with E-state index in [9.17, 15) is 4.79 Å². The van der Waals surface area contributed by atoms with E-state index in [1.54, 1.807) is 18.3 Å². The molecule has 0 atom stereocenters. The van der Waals surface area contributed by atoms with Gasteiger partial charge >= 0.3 is 5.97 Å². The third-order valence-corrected chi connectivity index (χ3v) is 2.31. The number of benzene rings is 1. The number of hydrogen-bond donors (Lipinski definition) is 0. The molecule has 17 heavy (non-hydrogen) atoms. The number of halogens is 1. The second kappa shape index (κ2) is 7.85. The van der Waals surface area contributed by atoms with Crippen molar-refractivity contribution in [3.63, 3.8) is 0 Å². The van der Waals surface area contributed by atoms with Crippen LogP contribution in [0.3, 0.4) is 0 Å². The predicted molar refractivity (Wildman–Crippen MR) is 69.8 cm³/mol. The molecule has 3 nitrogen and oxygen atoms in total. The highest BCUT2D eigenvalue weighted by atomic mass is 35.5. The Morgan fingerprint density at radius 1 is 1.53 bits per heavy atom. The maximum atomic E-state index is 11.2. The van der Waals surface area contributed by atoms with Gasteiger partial charge < -0.3 is 4.74 Å². The van der Waals surface area contributed by atoms with Crippen LogP contribution < -0.4 is 0 Å². The van der Waals surface area contributed by atoms with Gasteiger partial charge in [0.15, 0.2) is 0 Å². The molecular formula is C13H16ClNO2. The van der Waals surface area contributed by atoms with Crippen LogP contribution in [0.15, 0.2) is 29.3 Å². The molecule has 1 rings (SSSR count). The molecule has 0 aromatic heterocycles. The summed E-state index contributed by atoms with van der Waals surface area (Å²) >= 11 is 5.82. The standard InChI is InChI=1S/C13H16ClNO2/c1-2-3-7-17-13(16)10-15-9-11-5-4-6-12(14)8-11/h4-6,8-9H,2-3,7,10H2,1H3/b15-9+. The van der Waals surface area contributed by atoms with Gasteiger partial charge in [-0.15, -0.1) is 0 Å². The molecule has 0 heterocycles. The molecular weight excluding hydrogens is 238 g/mol. The van der Waals surface area contributed by atoms with Crippen LogP contribution in [0.2, 0.25) is 5.02 Å². The summed E-state index contributed by atoms with van der Waals surface area (Å²) in [7, 11) is 0. The van der Waals surface area contributed by atoms with Gasteiger partial charge in [0.1, 0.15) is 6.54 Å². The SMILES string of the molecule is CCCCOC(=O)C/N=C/c1cccc(Cl)c1. The fraction of sp³-hybridized carbons (Fsp3) is 0.385. The van der Waals surface area contributed by atoms with Gasteiger partial charge in [-0.05, 0) is 24.1 Å². The third kappa shape index (κ3) is 6.07. The molecule has 0 aliphatic rings. The number of aliphatic imine (C=N–C) groups is 1. The first-order valence-electron chi connectivity index (χ1n) is 5.63. The number of rotatable bonds is 6. The third-order valence-electron chi connectivity index (χ3n) is 2.07. The van der Waals surface area contributed by atoms with E-state index in [1.165, 1.54) is 0 Å². The van der Waals surface area contributed by atoms with Gasteiger partial charge in [-0.2, -0.15) is 0 Å². The summed E-state index contributed by atoms with van der Waals surface area (Å²) in [4.78, 5) is 15.2. The largest absolute Gasteiger partial charge is 0.464 e. The van der Waals surface area contributed by atoms with Crippen LogP contribution in [-0.2, 0) is 9.53 Å². The number of nitrogens with zero attached hydrogens (tertiary/aromatic N) is 1. The van der Waals surface area contributed by atoms with Gasteiger partial charge in [0.05, 0.1) is 6.61 Å². The van der Waals surface area contributed by atoms with Crippen molar-refractivity contribution in [2.45, 2.75) is 19.8 Å². The number of ether oxygens (including phenoxy) is 1. The molecule has 0 saturated heterocycles. The van der Waals surface area contributed by atoms with Gasteiger partial charge in [-0.25, -0.2) is 0 Å². The molecule has 0 saturated carbocycles. The van der Waals surface area contributed by atoms with Crippen molar-refractivity contribution < 1.29 is 9.53 Å². The lowest BCUT2D eigenvalue weighted by Crippen LogP contribution is -2.09. The van der Waals surface area contributed by atoms with Gasteiger partial charge in [0, 0.05) is 11.2 Å². The Bertz CT molecular complexity index is 391. The quantitative estimate of drug-likeness (QED) is 0.444. The normalized spacial score (nSPS) is 10.7. The fourth-order valence-electron chi connectivity index (χ4n) is 1.19. The zero-order valence-electron chi connectivity index (χ0n) is 9.86. The van der Waals surface area contributed by atoms with Crippen molar-refractivity contribution in [2.24, 2.45) is 4.99 Å². The minimum Gasteiger partial charge on any atom is -0.464 e. The lowest BCUT2D eigenvalue weighted by atomic mass is 10.2. The van der Waals surface area contributed by atoms with Gasteiger partial charge in [0.25, 0.3) is 0 Å². The summed E-state index contributed by atoms with van der Waals surface area (Å²) in [6, 6.07) is 7.28. The van der Waals surface area contributed by atoms with Crippen LogP contribution in [0.4, 0.5) is 0 Å². The Balaban J connectivity index is 2.32. The lowest BCUT2D eigenvalue weighted by Gasteiger charge is -2.00. The maximum Gasteiger partial charge on any atom is 0.327 e. The molecule has 0 bridgehead atoms. The molecule has 0 unspecified atom stereocenters. The maximum absolute atomic E-state index is 11.2. The van der Waals surface area contributed by atoms with Crippen LogP contribution >= 0.6 is 11.6 Å². The topological polar surface area (TPSA) is 38.7 Å². The van der Waals surface area contributed by atoms with Crippen molar-refractivity contribution in [3.8, 4) is 0 Å².